The Hall–Kier alpha value is -4.57. The Morgan fingerprint density at radius 2 is 1.40 bits per heavy atom. The van der Waals surface area contributed by atoms with Gasteiger partial charge in [0.1, 0.15) is 24.2 Å². The Morgan fingerprint density at radius 3 is 2.02 bits per heavy atom. The van der Waals surface area contributed by atoms with Crippen LogP contribution in [0.2, 0.25) is 0 Å². The minimum Gasteiger partial charge on any atom is -0.354 e. The number of para-hydroxylation sites is 1. The summed E-state index contributed by atoms with van der Waals surface area (Å²) in [6.45, 7) is 4.82. The number of anilines is 1. The SMILES string of the molecule is Cc1ccc(S(=O)(=O)N(CC(=O)N(Cc2ccccc2F)[C@@H](Cc2ccccc2)C(=O)NCC(C)C)c2ccccc2F)cc1. The highest BCUT2D eigenvalue weighted by Crippen LogP contribution is 2.27. The molecule has 45 heavy (non-hydrogen) atoms. The van der Waals surface area contributed by atoms with Gasteiger partial charge in [-0.1, -0.05) is 92.2 Å². The maximum atomic E-state index is 15.2. The van der Waals surface area contributed by atoms with E-state index in [0.29, 0.717) is 10.8 Å². The molecule has 0 aromatic heterocycles. The van der Waals surface area contributed by atoms with E-state index < -0.39 is 46.1 Å². The van der Waals surface area contributed by atoms with Crippen LogP contribution < -0.4 is 9.62 Å². The first-order chi connectivity index (χ1) is 21.5. The number of sulfonamides is 1. The molecule has 7 nitrogen and oxygen atoms in total. The van der Waals surface area contributed by atoms with E-state index in [4.69, 9.17) is 0 Å². The lowest BCUT2D eigenvalue weighted by Gasteiger charge is -2.34. The Balaban J connectivity index is 1.81. The van der Waals surface area contributed by atoms with E-state index in [1.165, 1.54) is 53.4 Å². The predicted molar refractivity (Wildman–Crippen MR) is 171 cm³/mol. The van der Waals surface area contributed by atoms with E-state index in [-0.39, 0.29) is 35.0 Å². The molecule has 0 spiro atoms. The van der Waals surface area contributed by atoms with Gasteiger partial charge in [0.2, 0.25) is 11.8 Å². The van der Waals surface area contributed by atoms with Gasteiger partial charge in [0.15, 0.2) is 0 Å². The van der Waals surface area contributed by atoms with Gasteiger partial charge in [-0.15, -0.1) is 0 Å². The van der Waals surface area contributed by atoms with Gasteiger partial charge in [-0.2, -0.15) is 0 Å². The molecule has 4 aromatic rings. The maximum Gasteiger partial charge on any atom is 0.264 e. The van der Waals surface area contributed by atoms with Crippen molar-refractivity contribution in [1.29, 1.82) is 0 Å². The first-order valence-electron chi connectivity index (χ1n) is 14.7. The van der Waals surface area contributed by atoms with Gasteiger partial charge < -0.3 is 10.2 Å². The third-order valence-corrected chi connectivity index (χ3v) is 9.04. The molecule has 1 N–H and O–H groups in total. The van der Waals surface area contributed by atoms with E-state index in [9.17, 15) is 22.4 Å². The summed E-state index contributed by atoms with van der Waals surface area (Å²) < 4.78 is 58.9. The summed E-state index contributed by atoms with van der Waals surface area (Å²) >= 11 is 0. The molecular weight excluding hydrogens is 596 g/mol. The zero-order valence-corrected chi connectivity index (χ0v) is 26.3. The first-order valence-corrected chi connectivity index (χ1v) is 16.1. The van der Waals surface area contributed by atoms with Crippen molar-refractivity contribution < 1.29 is 26.8 Å². The van der Waals surface area contributed by atoms with Crippen molar-refractivity contribution in [1.82, 2.24) is 10.2 Å². The topological polar surface area (TPSA) is 86.8 Å². The average Bonchev–Trinajstić information content (AvgIpc) is 3.02. The third kappa shape index (κ3) is 8.54. The van der Waals surface area contributed by atoms with Crippen LogP contribution in [0.5, 0.6) is 0 Å². The molecule has 0 heterocycles. The van der Waals surface area contributed by atoms with Crippen LogP contribution in [0.15, 0.2) is 108 Å². The van der Waals surface area contributed by atoms with E-state index in [2.05, 4.69) is 5.32 Å². The fraction of sp³-hybridized carbons (Fsp3) is 0.257. The van der Waals surface area contributed by atoms with Crippen molar-refractivity contribution in [3.05, 3.63) is 131 Å². The smallest absolute Gasteiger partial charge is 0.264 e. The van der Waals surface area contributed by atoms with E-state index in [0.717, 1.165) is 17.2 Å². The summed E-state index contributed by atoms with van der Waals surface area (Å²) in [4.78, 5) is 29.1. The number of aryl methyl sites for hydroxylation is 1. The van der Waals surface area contributed by atoms with Crippen LogP contribution in [0, 0.1) is 24.5 Å². The fourth-order valence-electron chi connectivity index (χ4n) is 4.79. The van der Waals surface area contributed by atoms with Gasteiger partial charge in [-0.3, -0.25) is 13.9 Å². The van der Waals surface area contributed by atoms with E-state index in [1.807, 2.05) is 32.0 Å². The van der Waals surface area contributed by atoms with Gasteiger partial charge in [0, 0.05) is 25.1 Å². The molecule has 0 radical (unpaired) electrons. The summed E-state index contributed by atoms with van der Waals surface area (Å²) in [5.74, 6) is -2.61. The molecule has 2 amide bonds. The monoisotopic (exact) mass is 633 g/mol. The second-order valence-corrected chi connectivity index (χ2v) is 13.1. The number of rotatable bonds is 13. The Bertz CT molecular complexity index is 1710. The van der Waals surface area contributed by atoms with Crippen LogP contribution >= 0.6 is 0 Å². The van der Waals surface area contributed by atoms with Gasteiger partial charge in [-0.05, 0) is 48.7 Å². The van der Waals surface area contributed by atoms with Gasteiger partial charge in [0.05, 0.1) is 10.6 Å². The Kier molecular flexibility index (Phi) is 11.1. The standard InChI is InChI=1S/C35H37F2N3O4S/c1-25(2)22-38-35(42)33(21-27-11-5-4-6-12-27)39(23-28-13-7-8-14-30(28)36)34(41)24-40(32-16-10-9-15-31(32)37)45(43,44)29-19-17-26(3)18-20-29/h4-20,25,33H,21-24H2,1-3H3,(H,38,42)/t33-/m0/s1. The molecule has 0 unspecified atom stereocenters. The first kappa shape index (κ1) is 33.3. The highest BCUT2D eigenvalue weighted by Gasteiger charge is 2.35. The quantitative estimate of drug-likeness (QED) is 0.199. The number of benzene rings is 4. The lowest BCUT2D eigenvalue weighted by molar-refractivity contribution is -0.140. The number of halogens is 2. The van der Waals surface area contributed by atoms with Crippen LogP contribution in [-0.2, 0) is 32.6 Å². The van der Waals surface area contributed by atoms with Crippen LogP contribution in [-0.4, -0.2) is 44.3 Å². The van der Waals surface area contributed by atoms with Crippen molar-refractivity contribution in [2.45, 2.75) is 44.7 Å². The van der Waals surface area contributed by atoms with E-state index >= 15 is 4.39 Å². The molecule has 0 saturated heterocycles. The molecule has 4 rings (SSSR count). The summed E-state index contributed by atoms with van der Waals surface area (Å²) in [5.41, 5.74) is 1.36. The van der Waals surface area contributed by atoms with Gasteiger partial charge >= 0.3 is 0 Å². The summed E-state index contributed by atoms with van der Waals surface area (Å²) in [6, 6.07) is 25.0. The molecule has 1 atom stereocenters. The maximum absolute atomic E-state index is 15.2. The number of hydrogen-bond acceptors (Lipinski definition) is 4. The zero-order chi connectivity index (χ0) is 32.6. The van der Waals surface area contributed by atoms with Crippen LogP contribution in [0.4, 0.5) is 14.5 Å². The normalized spacial score (nSPS) is 12.0. The number of nitrogens with zero attached hydrogens (tertiary/aromatic N) is 2. The van der Waals surface area contributed by atoms with Crippen molar-refractivity contribution in [2.24, 2.45) is 5.92 Å². The molecule has 0 fully saturated rings. The van der Waals surface area contributed by atoms with E-state index in [1.54, 1.807) is 37.3 Å². The summed E-state index contributed by atoms with van der Waals surface area (Å²) in [7, 11) is -4.46. The van der Waals surface area contributed by atoms with Crippen molar-refractivity contribution >= 4 is 27.5 Å². The molecule has 10 heteroatoms. The molecule has 0 aliphatic carbocycles. The third-order valence-electron chi connectivity index (χ3n) is 7.26. The molecular formula is C35H37F2N3O4S. The molecule has 4 aromatic carbocycles. The van der Waals surface area contributed by atoms with Gasteiger partial charge in [0.25, 0.3) is 10.0 Å². The molecule has 0 bridgehead atoms. The van der Waals surface area contributed by atoms with Crippen molar-refractivity contribution in [3.63, 3.8) is 0 Å². The molecule has 236 valence electrons. The fourth-order valence-corrected chi connectivity index (χ4v) is 6.21. The summed E-state index contributed by atoms with van der Waals surface area (Å²) in [5, 5.41) is 2.88. The van der Waals surface area contributed by atoms with Crippen molar-refractivity contribution in [3.8, 4) is 0 Å². The minimum atomic E-state index is -4.46. The number of carbonyl (C=O) groups is 2. The molecule has 0 aliphatic rings. The minimum absolute atomic E-state index is 0.0787. The number of carbonyl (C=O) groups excluding carboxylic acids is 2. The van der Waals surface area contributed by atoms with Crippen molar-refractivity contribution in [2.75, 3.05) is 17.4 Å². The second-order valence-electron chi connectivity index (χ2n) is 11.2. The highest BCUT2D eigenvalue weighted by atomic mass is 32.2. The average molecular weight is 634 g/mol. The lowest BCUT2D eigenvalue weighted by Crippen LogP contribution is -2.54. The number of hydrogen-bond donors (Lipinski definition) is 1. The van der Waals surface area contributed by atoms with Crippen LogP contribution in [0.1, 0.15) is 30.5 Å². The van der Waals surface area contributed by atoms with Crippen LogP contribution in [0.25, 0.3) is 0 Å². The highest BCUT2D eigenvalue weighted by molar-refractivity contribution is 7.92. The van der Waals surface area contributed by atoms with Crippen LogP contribution in [0.3, 0.4) is 0 Å². The molecule has 0 aliphatic heterocycles. The largest absolute Gasteiger partial charge is 0.354 e. The second kappa shape index (κ2) is 14.9. The number of nitrogens with one attached hydrogen (secondary N) is 1. The number of amides is 2. The summed E-state index contributed by atoms with van der Waals surface area (Å²) in [6.07, 6.45) is 0.0787. The lowest BCUT2D eigenvalue weighted by atomic mass is 10.0. The van der Waals surface area contributed by atoms with Gasteiger partial charge in [-0.25, -0.2) is 17.2 Å². The zero-order valence-electron chi connectivity index (χ0n) is 25.5. The Morgan fingerprint density at radius 1 is 0.800 bits per heavy atom. The Labute approximate surface area is 263 Å². The molecule has 0 saturated carbocycles. The predicted octanol–water partition coefficient (Wildman–Crippen LogP) is 5.88.